The Labute approximate surface area is 85.2 Å². The molecule has 0 bridgehead atoms. The minimum Gasteiger partial charge on any atom is -0.359 e. The monoisotopic (exact) mass is 208 g/mol. The van der Waals surface area contributed by atoms with Gasteiger partial charge in [0.05, 0.1) is 10.8 Å². The molecule has 4 heteroatoms. The fourth-order valence-electron chi connectivity index (χ4n) is 1.22. The van der Waals surface area contributed by atoms with Gasteiger partial charge in [0.1, 0.15) is 0 Å². The van der Waals surface area contributed by atoms with Gasteiger partial charge >= 0.3 is 0 Å². The van der Waals surface area contributed by atoms with Gasteiger partial charge in [-0.25, -0.2) is 0 Å². The van der Waals surface area contributed by atoms with E-state index >= 15 is 0 Å². The van der Waals surface area contributed by atoms with E-state index in [0.717, 1.165) is 16.6 Å². The van der Waals surface area contributed by atoms with Gasteiger partial charge in [0, 0.05) is 22.1 Å². The molecule has 0 saturated heterocycles. The standard InChI is InChI=1S/C9H5ClN2S/c10-6-1-2-8-7(3-6)9(4-11-8)12-5-13/h1-4,11H. The molecule has 2 nitrogen and oxygen atoms in total. The van der Waals surface area contributed by atoms with Crippen molar-refractivity contribution < 1.29 is 0 Å². The van der Waals surface area contributed by atoms with Crippen molar-refractivity contribution in [2.75, 3.05) is 0 Å². The van der Waals surface area contributed by atoms with Crippen LogP contribution >= 0.6 is 23.8 Å². The van der Waals surface area contributed by atoms with Crippen LogP contribution in [0.25, 0.3) is 10.9 Å². The second-order valence-corrected chi connectivity index (χ2v) is 3.19. The third-order valence-corrected chi connectivity index (χ3v) is 2.11. The Morgan fingerprint density at radius 3 is 3.08 bits per heavy atom. The maximum Gasteiger partial charge on any atom is 0.0993 e. The molecule has 0 unspecified atom stereocenters. The number of nitrogens with zero attached hydrogens (tertiary/aromatic N) is 1. The quantitative estimate of drug-likeness (QED) is 0.563. The van der Waals surface area contributed by atoms with Crippen molar-refractivity contribution in [3.8, 4) is 0 Å². The molecule has 0 amide bonds. The van der Waals surface area contributed by atoms with E-state index in [0.29, 0.717) is 5.02 Å². The lowest BCUT2D eigenvalue weighted by atomic mass is 10.2. The second-order valence-electron chi connectivity index (χ2n) is 2.57. The molecular weight excluding hydrogens is 204 g/mol. The molecule has 2 aromatic rings. The molecule has 2 rings (SSSR count). The van der Waals surface area contributed by atoms with Gasteiger partial charge in [-0.3, -0.25) is 0 Å². The summed E-state index contributed by atoms with van der Waals surface area (Å²) in [7, 11) is 0. The fourth-order valence-corrected chi connectivity index (χ4v) is 1.49. The van der Waals surface area contributed by atoms with Crippen LogP contribution in [0, 0.1) is 0 Å². The van der Waals surface area contributed by atoms with Crippen molar-refractivity contribution in [2.24, 2.45) is 4.99 Å². The highest BCUT2D eigenvalue weighted by Crippen LogP contribution is 2.27. The first-order valence-corrected chi connectivity index (χ1v) is 4.44. The molecular formula is C9H5ClN2S. The molecule has 1 aromatic heterocycles. The van der Waals surface area contributed by atoms with E-state index in [1.807, 2.05) is 18.2 Å². The predicted octanol–water partition coefficient (Wildman–Crippen LogP) is 3.56. The Hall–Kier alpha value is -1.15. The summed E-state index contributed by atoms with van der Waals surface area (Å²) in [5.74, 6) is 0. The number of rotatable bonds is 1. The highest BCUT2D eigenvalue weighted by Gasteiger charge is 2.01. The van der Waals surface area contributed by atoms with E-state index in [-0.39, 0.29) is 0 Å². The number of fused-ring (bicyclic) bond motifs is 1. The smallest absolute Gasteiger partial charge is 0.0993 e. The summed E-state index contributed by atoms with van der Waals surface area (Å²) < 4.78 is 0. The highest BCUT2D eigenvalue weighted by molar-refractivity contribution is 7.78. The normalized spacial score (nSPS) is 9.92. The van der Waals surface area contributed by atoms with E-state index < -0.39 is 0 Å². The molecule has 0 aliphatic heterocycles. The number of thiocarbonyl (C=S) groups is 1. The fraction of sp³-hybridized carbons (Fsp3) is 0. The van der Waals surface area contributed by atoms with Crippen LogP contribution < -0.4 is 0 Å². The average Bonchev–Trinajstić information content (AvgIpc) is 2.49. The van der Waals surface area contributed by atoms with E-state index in [1.54, 1.807) is 6.20 Å². The van der Waals surface area contributed by atoms with Gasteiger partial charge in [0.2, 0.25) is 0 Å². The van der Waals surface area contributed by atoms with Crippen LogP contribution in [0.3, 0.4) is 0 Å². The third kappa shape index (κ3) is 1.49. The molecule has 0 fully saturated rings. The van der Waals surface area contributed by atoms with Crippen LogP contribution in [-0.2, 0) is 0 Å². The third-order valence-electron chi connectivity index (χ3n) is 1.79. The Bertz CT molecular complexity index is 497. The lowest BCUT2D eigenvalue weighted by Gasteiger charge is -1.91. The Kier molecular flexibility index (Phi) is 2.15. The number of nitrogens with one attached hydrogen (secondary N) is 1. The minimum atomic E-state index is 0.688. The molecule has 0 aliphatic carbocycles. The van der Waals surface area contributed by atoms with E-state index in [9.17, 15) is 0 Å². The van der Waals surface area contributed by atoms with Crippen LogP contribution in [0.5, 0.6) is 0 Å². The molecule has 0 spiro atoms. The lowest BCUT2D eigenvalue weighted by molar-refractivity contribution is 1.46. The molecule has 0 aliphatic rings. The van der Waals surface area contributed by atoms with Gasteiger partial charge in [-0.1, -0.05) is 11.6 Å². The zero-order chi connectivity index (χ0) is 9.26. The Balaban J connectivity index is 2.78. The predicted molar refractivity (Wildman–Crippen MR) is 58.0 cm³/mol. The van der Waals surface area contributed by atoms with Gasteiger partial charge < -0.3 is 4.98 Å². The molecule has 1 N–H and O–H groups in total. The van der Waals surface area contributed by atoms with Crippen LogP contribution in [-0.4, -0.2) is 10.1 Å². The maximum atomic E-state index is 5.85. The van der Waals surface area contributed by atoms with Crippen molar-refractivity contribution in [3.05, 3.63) is 29.4 Å². The Morgan fingerprint density at radius 1 is 1.46 bits per heavy atom. The summed E-state index contributed by atoms with van der Waals surface area (Å²) >= 11 is 10.4. The number of hydrogen-bond donors (Lipinski definition) is 1. The molecule has 64 valence electrons. The summed E-state index contributed by atoms with van der Waals surface area (Å²) in [5, 5.41) is 3.98. The summed E-state index contributed by atoms with van der Waals surface area (Å²) in [6.45, 7) is 0. The number of halogens is 1. The Morgan fingerprint density at radius 2 is 2.31 bits per heavy atom. The molecule has 0 atom stereocenters. The number of isothiocyanates is 1. The van der Waals surface area contributed by atoms with Gasteiger partial charge in [0.25, 0.3) is 0 Å². The van der Waals surface area contributed by atoms with Crippen molar-refractivity contribution in [1.29, 1.82) is 0 Å². The van der Waals surface area contributed by atoms with Crippen molar-refractivity contribution in [2.45, 2.75) is 0 Å². The van der Waals surface area contributed by atoms with Crippen LogP contribution in [0.2, 0.25) is 5.02 Å². The summed E-state index contributed by atoms with van der Waals surface area (Å²) in [4.78, 5) is 6.97. The second kappa shape index (κ2) is 3.30. The van der Waals surface area contributed by atoms with Crippen molar-refractivity contribution >= 4 is 45.6 Å². The van der Waals surface area contributed by atoms with Crippen molar-refractivity contribution in [3.63, 3.8) is 0 Å². The van der Waals surface area contributed by atoms with Gasteiger partial charge in [-0.15, -0.1) is 0 Å². The topological polar surface area (TPSA) is 28.1 Å². The summed E-state index contributed by atoms with van der Waals surface area (Å²) in [6.07, 6.45) is 1.78. The largest absolute Gasteiger partial charge is 0.359 e. The van der Waals surface area contributed by atoms with E-state index in [1.165, 1.54) is 0 Å². The zero-order valence-corrected chi connectivity index (χ0v) is 8.12. The first kappa shape index (κ1) is 8.45. The van der Waals surface area contributed by atoms with Gasteiger partial charge in [0.15, 0.2) is 0 Å². The van der Waals surface area contributed by atoms with Gasteiger partial charge in [-0.2, -0.15) is 4.99 Å². The van der Waals surface area contributed by atoms with E-state index in [2.05, 4.69) is 27.4 Å². The van der Waals surface area contributed by atoms with Crippen LogP contribution in [0.4, 0.5) is 5.69 Å². The molecule has 13 heavy (non-hydrogen) atoms. The zero-order valence-electron chi connectivity index (χ0n) is 6.54. The van der Waals surface area contributed by atoms with Crippen LogP contribution in [0.1, 0.15) is 0 Å². The van der Waals surface area contributed by atoms with Crippen molar-refractivity contribution in [1.82, 2.24) is 4.98 Å². The number of benzene rings is 1. The minimum absolute atomic E-state index is 0.688. The number of hydrogen-bond acceptors (Lipinski definition) is 2. The number of aromatic amines is 1. The molecule has 0 radical (unpaired) electrons. The first-order chi connectivity index (χ1) is 6.31. The summed E-state index contributed by atoms with van der Waals surface area (Å²) in [5.41, 5.74) is 1.76. The maximum absolute atomic E-state index is 5.85. The SMILES string of the molecule is S=C=Nc1c[nH]c2ccc(Cl)cc12. The number of aromatic nitrogens is 1. The molecule has 1 aromatic carbocycles. The number of H-pyrrole nitrogens is 1. The first-order valence-electron chi connectivity index (χ1n) is 3.66. The molecule has 0 saturated carbocycles. The van der Waals surface area contributed by atoms with E-state index in [4.69, 9.17) is 11.6 Å². The van der Waals surface area contributed by atoms with Gasteiger partial charge in [-0.05, 0) is 30.4 Å². The highest BCUT2D eigenvalue weighted by atomic mass is 35.5. The van der Waals surface area contributed by atoms with Crippen LogP contribution in [0.15, 0.2) is 29.4 Å². The summed E-state index contributed by atoms with van der Waals surface area (Å²) in [6, 6.07) is 5.57. The lowest BCUT2D eigenvalue weighted by Crippen LogP contribution is -1.66. The average molecular weight is 209 g/mol. The number of aliphatic imine (C=N–C) groups is 1. The molecule has 1 heterocycles.